The van der Waals surface area contributed by atoms with Crippen LogP contribution in [0.15, 0.2) is 33.9 Å². The van der Waals surface area contributed by atoms with Gasteiger partial charge in [-0.1, -0.05) is 36.4 Å². The molecule has 2 aromatic heterocycles. The van der Waals surface area contributed by atoms with Crippen LogP contribution in [0, 0.1) is 18.3 Å². The zero-order valence-corrected chi connectivity index (χ0v) is 18.5. The molecule has 0 fully saturated rings. The summed E-state index contributed by atoms with van der Waals surface area (Å²) >= 11 is 2.75. The van der Waals surface area contributed by atoms with Crippen LogP contribution in [-0.4, -0.2) is 21.4 Å². The molecule has 3 aromatic rings. The lowest BCUT2D eigenvalue weighted by atomic mass is 10.1. The quantitative estimate of drug-likeness (QED) is 0.425. The summed E-state index contributed by atoms with van der Waals surface area (Å²) in [7, 11) is 0. The van der Waals surface area contributed by atoms with Crippen molar-refractivity contribution in [3.05, 3.63) is 45.8 Å². The van der Waals surface area contributed by atoms with Gasteiger partial charge in [-0.3, -0.25) is 4.79 Å². The SMILES string of the molecule is Cc1ccccc1-c1nnc(SC(C)C(=O)Nc2sc3c(c2C#N)CCCCC3)o1. The fraction of sp³-hybridized carbons (Fsp3) is 0.364. The van der Waals surface area contributed by atoms with E-state index in [4.69, 9.17) is 4.42 Å². The van der Waals surface area contributed by atoms with E-state index < -0.39 is 5.25 Å². The normalized spacial score (nSPS) is 14.4. The molecule has 0 aliphatic heterocycles. The largest absolute Gasteiger partial charge is 0.411 e. The Kier molecular flexibility index (Phi) is 6.21. The van der Waals surface area contributed by atoms with Crippen LogP contribution in [0.25, 0.3) is 11.5 Å². The third kappa shape index (κ3) is 4.27. The second-order valence-corrected chi connectivity index (χ2v) is 9.71. The van der Waals surface area contributed by atoms with Crippen molar-refractivity contribution in [1.29, 1.82) is 5.26 Å². The van der Waals surface area contributed by atoms with Crippen LogP contribution < -0.4 is 5.32 Å². The Morgan fingerprint density at radius 1 is 1.27 bits per heavy atom. The predicted molar refractivity (Wildman–Crippen MR) is 119 cm³/mol. The molecule has 0 saturated carbocycles. The minimum Gasteiger partial charge on any atom is -0.411 e. The highest BCUT2D eigenvalue weighted by Gasteiger charge is 2.24. The number of hydrogen-bond donors (Lipinski definition) is 1. The van der Waals surface area contributed by atoms with E-state index in [1.165, 1.54) is 34.4 Å². The van der Waals surface area contributed by atoms with E-state index in [-0.39, 0.29) is 5.91 Å². The van der Waals surface area contributed by atoms with Gasteiger partial charge in [0, 0.05) is 10.4 Å². The monoisotopic (exact) mass is 438 g/mol. The van der Waals surface area contributed by atoms with Crippen LogP contribution >= 0.6 is 23.1 Å². The minimum absolute atomic E-state index is 0.177. The maximum Gasteiger partial charge on any atom is 0.277 e. The number of thiophene rings is 1. The molecule has 4 rings (SSSR count). The molecule has 0 saturated heterocycles. The van der Waals surface area contributed by atoms with Gasteiger partial charge < -0.3 is 9.73 Å². The Hall–Kier alpha value is -2.63. The summed E-state index contributed by atoms with van der Waals surface area (Å²) < 4.78 is 5.76. The van der Waals surface area contributed by atoms with Gasteiger partial charge in [-0.15, -0.1) is 21.5 Å². The number of fused-ring (bicyclic) bond motifs is 1. The van der Waals surface area contributed by atoms with E-state index in [9.17, 15) is 10.1 Å². The molecule has 1 aliphatic rings. The Morgan fingerprint density at radius 3 is 2.87 bits per heavy atom. The molecule has 30 heavy (non-hydrogen) atoms. The third-order valence-electron chi connectivity index (χ3n) is 5.20. The first-order valence-corrected chi connectivity index (χ1v) is 11.7. The molecular formula is C22H22N4O2S2. The Labute approximate surface area is 183 Å². The van der Waals surface area contributed by atoms with Gasteiger partial charge in [-0.25, -0.2) is 0 Å². The summed E-state index contributed by atoms with van der Waals surface area (Å²) in [6.07, 6.45) is 5.32. The molecule has 0 bridgehead atoms. The lowest BCUT2D eigenvalue weighted by Gasteiger charge is -2.09. The van der Waals surface area contributed by atoms with Crippen molar-refractivity contribution in [2.45, 2.75) is 56.4 Å². The molecule has 0 spiro atoms. The number of hydrogen-bond acceptors (Lipinski definition) is 7. The highest BCUT2D eigenvalue weighted by atomic mass is 32.2. The summed E-state index contributed by atoms with van der Waals surface area (Å²) in [5, 5.41) is 21.4. The highest BCUT2D eigenvalue weighted by Crippen LogP contribution is 2.37. The zero-order chi connectivity index (χ0) is 21.1. The fourth-order valence-electron chi connectivity index (χ4n) is 3.55. The number of carbonyl (C=O) groups is 1. The molecule has 154 valence electrons. The van der Waals surface area contributed by atoms with Gasteiger partial charge >= 0.3 is 0 Å². The number of nitriles is 1. The first-order valence-electron chi connectivity index (χ1n) is 9.98. The number of rotatable bonds is 5. The van der Waals surface area contributed by atoms with Crippen molar-refractivity contribution >= 4 is 34.0 Å². The lowest BCUT2D eigenvalue weighted by Crippen LogP contribution is -2.22. The average molecular weight is 439 g/mol. The van der Waals surface area contributed by atoms with E-state index in [0.717, 1.165) is 42.4 Å². The van der Waals surface area contributed by atoms with Crippen LogP contribution in [0.2, 0.25) is 0 Å². The van der Waals surface area contributed by atoms with Crippen molar-refractivity contribution in [3.8, 4) is 17.5 Å². The lowest BCUT2D eigenvalue weighted by molar-refractivity contribution is -0.115. The molecule has 1 unspecified atom stereocenters. The number of nitrogens with one attached hydrogen (secondary N) is 1. The number of amides is 1. The number of anilines is 1. The van der Waals surface area contributed by atoms with E-state index in [0.29, 0.717) is 21.7 Å². The Morgan fingerprint density at radius 2 is 2.07 bits per heavy atom. The number of nitrogens with zero attached hydrogens (tertiary/aromatic N) is 3. The second kappa shape index (κ2) is 9.02. The van der Waals surface area contributed by atoms with Crippen LogP contribution in [-0.2, 0) is 17.6 Å². The average Bonchev–Trinajstić information content (AvgIpc) is 3.25. The highest BCUT2D eigenvalue weighted by molar-refractivity contribution is 8.00. The molecular weight excluding hydrogens is 416 g/mol. The zero-order valence-electron chi connectivity index (χ0n) is 16.9. The van der Waals surface area contributed by atoms with Crippen LogP contribution in [0.3, 0.4) is 0 Å². The van der Waals surface area contributed by atoms with Gasteiger partial charge in [-0.05, 0) is 56.7 Å². The van der Waals surface area contributed by atoms with Crippen molar-refractivity contribution in [2.75, 3.05) is 5.32 Å². The van der Waals surface area contributed by atoms with Gasteiger partial charge in [0.25, 0.3) is 5.22 Å². The maximum atomic E-state index is 12.8. The first kappa shape index (κ1) is 20.6. The summed E-state index contributed by atoms with van der Waals surface area (Å²) in [6.45, 7) is 3.78. The number of benzene rings is 1. The van der Waals surface area contributed by atoms with Crippen molar-refractivity contribution in [2.24, 2.45) is 0 Å². The van der Waals surface area contributed by atoms with E-state index in [1.54, 1.807) is 6.92 Å². The molecule has 1 atom stereocenters. The van der Waals surface area contributed by atoms with Crippen molar-refractivity contribution in [1.82, 2.24) is 10.2 Å². The van der Waals surface area contributed by atoms with E-state index >= 15 is 0 Å². The van der Waals surface area contributed by atoms with Gasteiger partial charge in [0.05, 0.1) is 10.8 Å². The summed E-state index contributed by atoms with van der Waals surface area (Å²) in [5.74, 6) is 0.264. The fourth-order valence-corrected chi connectivity index (χ4v) is 5.47. The third-order valence-corrected chi connectivity index (χ3v) is 7.34. The molecule has 1 aliphatic carbocycles. The number of aromatic nitrogens is 2. The van der Waals surface area contributed by atoms with Gasteiger partial charge in [0.2, 0.25) is 11.8 Å². The van der Waals surface area contributed by atoms with Crippen LogP contribution in [0.1, 0.15) is 47.8 Å². The topological polar surface area (TPSA) is 91.8 Å². The van der Waals surface area contributed by atoms with Gasteiger partial charge in [0.1, 0.15) is 11.1 Å². The molecule has 1 amide bonds. The summed E-state index contributed by atoms with van der Waals surface area (Å²) in [5.41, 5.74) is 3.68. The summed E-state index contributed by atoms with van der Waals surface area (Å²) in [6, 6.07) is 10.1. The number of carbonyl (C=O) groups excluding carboxylic acids is 1. The first-order chi connectivity index (χ1) is 14.6. The molecule has 0 radical (unpaired) electrons. The Balaban J connectivity index is 1.45. The molecule has 2 heterocycles. The van der Waals surface area contributed by atoms with Crippen LogP contribution in [0.5, 0.6) is 0 Å². The number of thioether (sulfide) groups is 1. The predicted octanol–water partition coefficient (Wildman–Crippen LogP) is 5.37. The number of aryl methyl sites for hydroxylation is 2. The summed E-state index contributed by atoms with van der Waals surface area (Å²) in [4.78, 5) is 14.0. The Bertz CT molecular complexity index is 1110. The van der Waals surface area contributed by atoms with Crippen LogP contribution in [0.4, 0.5) is 5.00 Å². The molecule has 8 heteroatoms. The maximum absolute atomic E-state index is 12.8. The van der Waals surface area contributed by atoms with Gasteiger partial charge in [-0.2, -0.15) is 5.26 Å². The van der Waals surface area contributed by atoms with E-state index in [1.807, 2.05) is 31.2 Å². The minimum atomic E-state index is -0.441. The van der Waals surface area contributed by atoms with Gasteiger partial charge in [0.15, 0.2) is 0 Å². The molecule has 1 N–H and O–H groups in total. The molecule has 1 aromatic carbocycles. The van der Waals surface area contributed by atoms with Crippen molar-refractivity contribution < 1.29 is 9.21 Å². The van der Waals surface area contributed by atoms with Crippen molar-refractivity contribution in [3.63, 3.8) is 0 Å². The standard InChI is InChI=1S/C22H22N4O2S2/c1-13-8-6-7-9-15(13)20-25-26-22(28-20)29-14(2)19(27)24-21-17(12-23)16-10-4-3-5-11-18(16)30-21/h6-9,14H,3-5,10-11H2,1-2H3,(H,24,27). The second-order valence-electron chi connectivity index (χ2n) is 7.32. The molecule has 6 nitrogen and oxygen atoms in total. The van der Waals surface area contributed by atoms with E-state index in [2.05, 4.69) is 21.6 Å². The smallest absolute Gasteiger partial charge is 0.277 e.